The number of fused-ring (bicyclic) bond motifs is 1. The first-order chi connectivity index (χ1) is 5.77. The second kappa shape index (κ2) is 2.44. The molecule has 0 fully saturated rings. The van der Waals surface area contributed by atoms with Crippen molar-refractivity contribution >= 4 is 11.0 Å². The number of rotatable bonds is 0. The number of hydrogen-bond donors (Lipinski definition) is 0. The van der Waals surface area contributed by atoms with Crippen LogP contribution in [0.15, 0.2) is 33.5 Å². The van der Waals surface area contributed by atoms with Gasteiger partial charge >= 0.3 is 5.63 Å². The lowest BCUT2D eigenvalue weighted by Gasteiger charge is -1.94. The maximum absolute atomic E-state index is 12.9. The van der Waals surface area contributed by atoms with Crippen molar-refractivity contribution in [1.82, 2.24) is 0 Å². The molecule has 0 spiro atoms. The van der Waals surface area contributed by atoms with E-state index in [0.717, 1.165) is 0 Å². The van der Waals surface area contributed by atoms with E-state index in [1.807, 2.05) is 0 Å². The molecule has 12 heavy (non-hydrogen) atoms. The van der Waals surface area contributed by atoms with Crippen molar-refractivity contribution < 1.29 is 8.81 Å². The first-order valence-corrected chi connectivity index (χ1v) is 3.37. The van der Waals surface area contributed by atoms with Crippen LogP contribution in [0.5, 0.6) is 0 Å². The van der Waals surface area contributed by atoms with Crippen molar-refractivity contribution in [2.24, 2.45) is 0 Å². The molecule has 1 aromatic heterocycles. The highest BCUT2D eigenvalue weighted by molar-refractivity contribution is 5.76. The van der Waals surface area contributed by atoms with Gasteiger partial charge in [-0.25, -0.2) is 9.18 Å². The van der Waals surface area contributed by atoms with Crippen molar-refractivity contribution in [3.05, 3.63) is 46.6 Å². The molecule has 0 aliphatic carbocycles. The predicted octanol–water partition coefficient (Wildman–Crippen LogP) is 1.73. The molecule has 3 heteroatoms. The van der Waals surface area contributed by atoms with Crippen LogP contribution in [-0.4, -0.2) is 0 Å². The third-order valence-electron chi connectivity index (χ3n) is 1.54. The topological polar surface area (TPSA) is 30.2 Å². The van der Waals surface area contributed by atoms with Gasteiger partial charge in [0.1, 0.15) is 11.4 Å². The highest BCUT2D eigenvalue weighted by Gasteiger charge is 2.00. The Labute approximate surface area is 67.2 Å². The SMILES string of the molecule is O=c1ccc2c(F)[c]ccc2o1. The Bertz CT molecular complexity index is 473. The second-order valence-corrected chi connectivity index (χ2v) is 2.32. The minimum atomic E-state index is -0.503. The zero-order valence-corrected chi connectivity index (χ0v) is 6.00. The molecule has 2 nitrogen and oxygen atoms in total. The first-order valence-electron chi connectivity index (χ1n) is 3.37. The van der Waals surface area contributed by atoms with Gasteiger partial charge in [0.2, 0.25) is 0 Å². The Morgan fingerprint density at radius 3 is 3.00 bits per heavy atom. The zero-order chi connectivity index (χ0) is 8.55. The lowest BCUT2D eigenvalue weighted by atomic mass is 10.2. The minimum absolute atomic E-state index is 0.249. The molecule has 2 rings (SSSR count). The number of benzene rings is 1. The Hall–Kier alpha value is -1.64. The second-order valence-electron chi connectivity index (χ2n) is 2.32. The maximum atomic E-state index is 12.9. The van der Waals surface area contributed by atoms with Crippen molar-refractivity contribution in [2.45, 2.75) is 0 Å². The van der Waals surface area contributed by atoms with Gasteiger partial charge in [-0.15, -0.1) is 0 Å². The molecule has 0 saturated heterocycles. The molecule has 2 aromatic rings. The standard InChI is InChI=1S/C9H4FO2/c10-7-2-1-3-8-6(7)4-5-9(11)12-8/h1,3-5H. The minimum Gasteiger partial charge on any atom is -0.423 e. The van der Waals surface area contributed by atoms with Crippen molar-refractivity contribution in [1.29, 1.82) is 0 Å². The van der Waals surface area contributed by atoms with Gasteiger partial charge in [0, 0.05) is 12.1 Å². The van der Waals surface area contributed by atoms with Crippen molar-refractivity contribution in [2.75, 3.05) is 0 Å². The van der Waals surface area contributed by atoms with E-state index in [1.54, 1.807) is 0 Å². The summed E-state index contributed by atoms with van der Waals surface area (Å²) in [5, 5.41) is 0.275. The Morgan fingerprint density at radius 2 is 2.17 bits per heavy atom. The quantitative estimate of drug-likeness (QED) is 0.553. The van der Waals surface area contributed by atoms with Gasteiger partial charge in [0.05, 0.1) is 5.39 Å². The molecule has 1 heterocycles. The molecule has 1 aromatic carbocycles. The normalized spacial score (nSPS) is 10.4. The number of hydrogen-bond acceptors (Lipinski definition) is 2. The van der Waals surface area contributed by atoms with Crippen LogP contribution in [0, 0.1) is 11.9 Å². The summed E-state index contributed by atoms with van der Waals surface area (Å²) < 4.78 is 17.6. The van der Waals surface area contributed by atoms with Gasteiger partial charge in [0.25, 0.3) is 0 Å². The van der Waals surface area contributed by atoms with E-state index in [-0.39, 0.29) is 11.0 Å². The largest absolute Gasteiger partial charge is 0.423 e. The van der Waals surface area contributed by atoms with Crippen LogP contribution in [0.2, 0.25) is 0 Å². The van der Waals surface area contributed by atoms with Crippen LogP contribution in [-0.2, 0) is 0 Å². The average molecular weight is 163 g/mol. The van der Waals surface area contributed by atoms with Gasteiger partial charge in [-0.2, -0.15) is 0 Å². The summed E-state index contributed by atoms with van der Waals surface area (Å²) in [6, 6.07) is 7.80. The van der Waals surface area contributed by atoms with E-state index in [2.05, 4.69) is 6.07 Å². The predicted molar refractivity (Wildman–Crippen MR) is 41.3 cm³/mol. The van der Waals surface area contributed by atoms with Crippen LogP contribution in [0.3, 0.4) is 0 Å². The summed E-state index contributed by atoms with van der Waals surface area (Å²) >= 11 is 0. The Kier molecular flexibility index (Phi) is 1.43. The molecule has 0 N–H and O–H groups in total. The average Bonchev–Trinajstić information content (AvgIpc) is 2.04. The third-order valence-corrected chi connectivity index (χ3v) is 1.54. The fourth-order valence-electron chi connectivity index (χ4n) is 1.00. The third kappa shape index (κ3) is 0.993. The van der Waals surface area contributed by atoms with E-state index in [4.69, 9.17) is 4.42 Å². The van der Waals surface area contributed by atoms with E-state index in [0.29, 0.717) is 0 Å². The molecule has 59 valence electrons. The fourth-order valence-corrected chi connectivity index (χ4v) is 1.00. The summed E-state index contributed by atoms with van der Waals surface area (Å²) in [6.45, 7) is 0. The fraction of sp³-hybridized carbons (Fsp3) is 0. The number of halogens is 1. The van der Waals surface area contributed by atoms with Crippen LogP contribution < -0.4 is 5.63 Å². The molecule has 0 amide bonds. The van der Waals surface area contributed by atoms with Crippen LogP contribution in [0.25, 0.3) is 11.0 Å². The summed E-state index contributed by atoms with van der Waals surface area (Å²) in [5.74, 6) is -0.503. The van der Waals surface area contributed by atoms with Gasteiger partial charge < -0.3 is 4.42 Å². The summed E-state index contributed by atoms with van der Waals surface area (Å²) in [5.41, 5.74) is -0.230. The molecule has 0 bridgehead atoms. The molecule has 0 unspecified atom stereocenters. The summed E-state index contributed by atoms with van der Waals surface area (Å²) in [7, 11) is 0. The Balaban J connectivity index is 2.96. The lowest BCUT2D eigenvalue weighted by molar-refractivity contribution is 0.555. The molecule has 0 atom stereocenters. The smallest absolute Gasteiger partial charge is 0.336 e. The van der Waals surface area contributed by atoms with Crippen LogP contribution in [0.4, 0.5) is 4.39 Å². The molecule has 0 aliphatic heterocycles. The Morgan fingerprint density at radius 1 is 1.33 bits per heavy atom. The van der Waals surface area contributed by atoms with Crippen LogP contribution >= 0.6 is 0 Å². The monoisotopic (exact) mass is 163 g/mol. The summed E-state index contributed by atoms with van der Waals surface area (Å²) in [4.78, 5) is 10.7. The van der Waals surface area contributed by atoms with Crippen molar-refractivity contribution in [3.8, 4) is 0 Å². The molecule has 1 radical (unpaired) electrons. The first kappa shape index (κ1) is 7.03. The van der Waals surface area contributed by atoms with Gasteiger partial charge in [0.15, 0.2) is 0 Å². The highest BCUT2D eigenvalue weighted by Crippen LogP contribution is 2.13. The summed E-state index contributed by atoms with van der Waals surface area (Å²) in [6.07, 6.45) is 0. The van der Waals surface area contributed by atoms with E-state index >= 15 is 0 Å². The molecule has 0 saturated carbocycles. The van der Waals surface area contributed by atoms with Gasteiger partial charge in [-0.1, -0.05) is 0 Å². The van der Waals surface area contributed by atoms with E-state index in [9.17, 15) is 9.18 Å². The highest BCUT2D eigenvalue weighted by atomic mass is 19.1. The molecule has 0 aliphatic rings. The van der Waals surface area contributed by atoms with Gasteiger partial charge in [-0.3, -0.25) is 0 Å². The van der Waals surface area contributed by atoms with Crippen molar-refractivity contribution in [3.63, 3.8) is 0 Å². The zero-order valence-electron chi connectivity index (χ0n) is 6.00. The maximum Gasteiger partial charge on any atom is 0.336 e. The lowest BCUT2D eigenvalue weighted by Crippen LogP contribution is -1.94. The molecular weight excluding hydrogens is 159 g/mol. The van der Waals surface area contributed by atoms with Gasteiger partial charge in [-0.05, 0) is 18.2 Å². The van der Waals surface area contributed by atoms with E-state index in [1.165, 1.54) is 24.3 Å². The molecular formula is C9H4FO2. The van der Waals surface area contributed by atoms with Crippen LogP contribution in [0.1, 0.15) is 0 Å². The van der Waals surface area contributed by atoms with E-state index < -0.39 is 11.4 Å².